The lowest BCUT2D eigenvalue weighted by Crippen LogP contribution is -2.14. The number of aliphatic hydroxyl groups excluding tert-OH is 1. The summed E-state index contributed by atoms with van der Waals surface area (Å²) in [6.45, 7) is 0.00487. The van der Waals surface area contributed by atoms with E-state index in [0.29, 0.717) is 17.8 Å². The van der Waals surface area contributed by atoms with Gasteiger partial charge in [-0.05, 0) is 37.5 Å². The molecule has 1 aliphatic rings. The molecule has 0 heterocycles. The van der Waals surface area contributed by atoms with Crippen LogP contribution in [0, 0.1) is 5.92 Å². The number of hydrogen-bond donors (Lipinski definition) is 3. The van der Waals surface area contributed by atoms with Crippen molar-refractivity contribution in [3.63, 3.8) is 0 Å². The molecule has 1 fully saturated rings. The second-order valence-corrected chi connectivity index (χ2v) is 4.72. The quantitative estimate of drug-likeness (QED) is 0.730. The highest BCUT2D eigenvalue weighted by Gasteiger charge is 2.29. The van der Waals surface area contributed by atoms with E-state index in [2.05, 4.69) is 10.6 Å². The number of rotatable bonds is 6. The Hall–Kier alpha value is -1.88. The standard InChI is InChI=1S/C14H18N2O3/c17-8-2-5-13(18)15-11-3-1-4-12(9-11)16-14(19)10-6-7-10/h1,3-4,9-10,17H,2,5-8H2,(H,15,18)(H,16,19). The van der Waals surface area contributed by atoms with Gasteiger partial charge in [0.05, 0.1) is 0 Å². The van der Waals surface area contributed by atoms with Gasteiger partial charge in [-0.25, -0.2) is 0 Å². The predicted octanol–water partition coefficient (Wildman–Crippen LogP) is 1.75. The van der Waals surface area contributed by atoms with E-state index in [-0.39, 0.29) is 30.8 Å². The van der Waals surface area contributed by atoms with Crippen molar-refractivity contribution < 1.29 is 14.7 Å². The molecule has 0 saturated heterocycles. The number of nitrogens with one attached hydrogen (secondary N) is 2. The normalized spacial score (nSPS) is 13.9. The fraction of sp³-hybridized carbons (Fsp3) is 0.429. The van der Waals surface area contributed by atoms with Gasteiger partial charge < -0.3 is 15.7 Å². The van der Waals surface area contributed by atoms with Crippen LogP contribution in [0.4, 0.5) is 11.4 Å². The van der Waals surface area contributed by atoms with Crippen molar-refractivity contribution in [2.75, 3.05) is 17.2 Å². The van der Waals surface area contributed by atoms with E-state index >= 15 is 0 Å². The summed E-state index contributed by atoms with van der Waals surface area (Å²) < 4.78 is 0. The fourth-order valence-electron chi connectivity index (χ4n) is 1.73. The van der Waals surface area contributed by atoms with Gasteiger partial charge in [0.2, 0.25) is 11.8 Å². The molecule has 1 aromatic carbocycles. The van der Waals surface area contributed by atoms with Gasteiger partial charge >= 0.3 is 0 Å². The maximum atomic E-state index is 11.6. The van der Waals surface area contributed by atoms with Crippen LogP contribution in [0.15, 0.2) is 24.3 Å². The van der Waals surface area contributed by atoms with Crippen molar-refractivity contribution in [1.29, 1.82) is 0 Å². The summed E-state index contributed by atoms with van der Waals surface area (Å²) in [5, 5.41) is 14.2. The molecule has 2 amide bonds. The Morgan fingerprint density at radius 1 is 1.21 bits per heavy atom. The summed E-state index contributed by atoms with van der Waals surface area (Å²) in [4.78, 5) is 23.1. The van der Waals surface area contributed by atoms with Gasteiger partial charge in [-0.3, -0.25) is 9.59 Å². The van der Waals surface area contributed by atoms with E-state index in [1.54, 1.807) is 24.3 Å². The molecule has 102 valence electrons. The molecule has 0 spiro atoms. The number of benzene rings is 1. The molecule has 5 nitrogen and oxygen atoms in total. The Balaban J connectivity index is 1.90. The second-order valence-electron chi connectivity index (χ2n) is 4.72. The minimum absolute atomic E-state index is 0.00487. The highest BCUT2D eigenvalue weighted by atomic mass is 16.3. The number of amides is 2. The van der Waals surface area contributed by atoms with Crippen molar-refractivity contribution >= 4 is 23.2 Å². The van der Waals surface area contributed by atoms with E-state index in [4.69, 9.17) is 5.11 Å². The maximum absolute atomic E-state index is 11.6. The SMILES string of the molecule is O=C(CCCO)Nc1cccc(NC(=O)C2CC2)c1. The third-order valence-corrected chi connectivity index (χ3v) is 2.92. The Morgan fingerprint density at radius 2 is 1.89 bits per heavy atom. The number of carbonyl (C=O) groups is 2. The van der Waals surface area contributed by atoms with Gasteiger partial charge in [-0.1, -0.05) is 6.07 Å². The Kier molecular flexibility index (Phi) is 4.52. The molecule has 1 saturated carbocycles. The average molecular weight is 262 g/mol. The van der Waals surface area contributed by atoms with Crippen molar-refractivity contribution in [1.82, 2.24) is 0 Å². The number of carbonyl (C=O) groups excluding carboxylic acids is 2. The summed E-state index contributed by atoms with van der Waals surface area (Å²) in [5.74, 6) is 0.0614. The van der Waals surface area contributed by atoms with E-state index in [0.717, 1.165) is 12.8 Å². The summed E-state index contributed by atoms with van der Waals surface area (Å²) in [7, 11) is 0. The first-order valence-corrected chi connectivity index (χ1v) is 6.50. The van der Waals surface area contributed by atoms with Crippen LogP contribution in [0.3, 0.4) is 0 Å². The first kappa shape index (κ1) is 13.5. The highest BCUT2D eigenvalue weighted by Crippen LogP contribution is 2.30. The van der Waals surface area contributed by atoms with Crippen molar-refractivity contribution in [3.8, 4) is 0 Å². The van der Waals surface area contributed by atoms with Crippen LogP contribution in [0.5, 0.6) is 0 Å². The zero-order valence-electron chi connectivity index (χ0n) is 10.7. The third kappa shape index (κ3) is 4.37. The van der Waals surface area contributed by atoms with Crippen molar-refractivity contribution in [2.24, 2.45) is 5.92 Å². The van der Waals surface area contributed by atoms with Crippen LogP contribution in [-0.2, 0) is 9.59 Å². The van der Waals surface area contributed by atoms with Crippen LogP contribution in [0.25, 0.3) is 0 Å². The first-order chi connectivity index (χ1) is 9.19. The van der Waals surface area contributed by atoms with Crippen LogP contribution in [0.1, 0.15) is 25.7 Å². The minimum Gasteiger partial charge on any atom is -0.396 e. The molecule has 3 N–H and O–H groups in total. The van der Waals surface area contributed by atoms with E-state index < -0.39 is 0 Å². The Labute approximate surface area is 112 Å². The topological polar surface area (TPSA) is 78.4 Å². The first-order valence-electron chi connectivity index (χ1n) is 6.50. The summed E-state index contributed by atoms with van der Waals surface area (Å²) in [6.07, 6.45) is 2.66. The molecule has 0 aliphatic heterocycles. The number of hydrogen-bond acceptors (Lipinski definition) is 3. The number of anilines is 2. The highest BCUT2D eigenvalue weighted by molar-refractivity contribution is 5.95. The molecule has 1 aromatic rings. The molecular formula is C14H18N2O3. The van der Waals surface area contributed by atoms with E-state index in [1.807, 2.05) is 0 Å². The summed E-state index contributed by atoms with van der Waals surface area (Å²) in [5.41, 5.74) is 1.34. The molecule has 0 radical (unpaired) electrons. The molecular weight excluding hydrogens is 244 g/mol. The predicted molar refractivity (Wildman–Crippen MR) is 72.7 cm³/mol. The Morgan fingerprint density at radius 3 is 2.53 bits per heavy atom. The number of aliphatic hydroxyl groups is 1. The lowest BCUT2D eigenvalue weighted by Gasteiger charge is -2.08. The molecule has 0 atom stereocenters. The third-order valence-electron chi connectivity index (χ3n) is 2.92. The van der Waals surface area contributed by atoms with Gasteiger partial charge in [-0.2, -0.15) is 0 Å². The molecule has 0 bridgehead atoms. The monoisotopic (exact) mass is 262 g/mol. The zero-order chi connectivity index (χ0) is 13.7. The largest absolute Gasteiger partial charge is 0.396 e. The molecule has 0 unspecified atom stereocenters. The van der Waals surface area contributed by atoms with Gasteiger partial charge in [0.15, 0.2) is 0 Å². The van der Waals surface area contributed by atoms with Crippen molar-refractivity contribution in [3.05, 3.63) is 24.3 Å². The maximum Gasteiger partial charge on any atom is 0.227 e. The Bertz CT molecular complexity index is 470. The lowest BCUT2D eigenvalue weighted by molar-refractivity contribution is -0.117. The molecule has 5 heteroatoms. The van der Waals surface area contributed by atoms with Crippen LogP contribution in [-0.4, -0.2) is 23.5 Å². The van der Waals surface area contributed by atoms with Crippen LogP contribution in [0.2, 0.25) is 0 Å². The van der Waals surface area contributed by atoms with E-state index in [9.17, 15) is 9.59 Å². The zero-order valence-corrected chi connectivity index (χ0v) is 10.7. The van der Waals surface area contributed by atoms with Gasteiger partial charge in [0.25, 0.3) is 0 Å². The molecule has 1 aliphatic carbocycles. The molecule has 2 rings (SSSR count). The van der Waals surface area contributed by atoms with Gasteiger partial charge in [0.1, 0.15) is 0 Å². The molecule has 0 aromatic heterocycles. The fourth-order valence-corrected chi connectivity index (χ4v) is 1.73. The van der Waals surface area contributed by atoms with Crippen molar-refractivity contribution in [2.45, 2.75) is 25.7 Å². The second kappa shape index (κ2) is 6.33. The minimum atomic E-state index is -0.139. The van der Waals surface area contributed by atoms with Crippen LogP contribution >= 0.6 is 0 Å². The van der Waals surface area contributed by atoms with Crippen LogP contribution < -0.4 is 10.6 Å². The summed E-state index contributed by atoms with van der Waals surface area (Å²) >= 11 is 0. The van der Waals surface area contributed by atoms with Gasteiger partial charge in [-0.15, -0.1) is 0 Å². The van der Waals surface area contributed by atoms with E-state index in [1.165, 1.54) is 0 Å². The summed E-state index contributed by atoms with van der Waals surface area (Å²) in [6, 6.07) is 7.08. The van der Waals surface area contributed by atoms with Gasteiger partial charge in [0, 0.05) is 30.3 Å². The average Bonchev–Trinajstić information content (AvgIpc) is 3.21. The lowest BCUT2D eigenvalue weighted by atomic mass is 10.2. The molecule has 19 heavy (non-hydrogen) atoms. The smallest absolute Gasteiger partial charge is 0.227 e.